The Hall–Kier alpha value is -4.06. The van der Waals surface area contributed by atoms with Gasteiger partial charge in [0.1, 0.15) is 19.4 Å². The summed E-state index contributed by atoms with van der Waals surface area (Å²) < 4.78 is 6.39. The average molecular weight is 509 g/mol. The number of aliphatic hydroxyl groups excluding tert-OH is 1. The van der Waals surface area contributed by atoms with Crippen LogP contribution in [0.2, 0.25) is 0 Å². The summed E-state index contributed by atoms with van der Waals surface area (Å²) in [6, 6.07) is 17.5. The lowest BCUT2D eigenvalue weighted by Gasteiger charge is -2.23. The van der Waals surface area contributed by atoms with E-state index in [1.54, 1.807) is 30.6 Å². The Bertz CT molecular complexity index is 1310. The Balaban J connectivity index is 1.34. The van der Waals surface area contributed by atoms with Gasteiger partial charge in [-0.2, -0.15) is 0 Å². The number of nitrogens with one attached hydrogen (secondary N) is 1. The zero-order chi connectivity index (χ0) is 25.5. The third-order valence-electron chi connectivity index (χ3n) is 5.53. The quantitative estimate of drug-likeness (QED) is 0.119. The van der Waals surface area contributed by atoms with Crippen LogP contribution in [0.3, 0.4) is 0 Å². The van der Waals surface area contributed by atoms with Gasteiger partial charge in [0.15, 0.2) is 0 Å². The maximum atomic E-state index is 12.4. The highest BCUT2D eigenvalue weighted by Crippen LogP contribution is 2.31. The van der Waals surface area contributed by atoms with Gasteiger partial charge in [-0.05, 0) is 46.3 Å². The Labute approximate surface area is 210 Å². The van der Waals surface area contributed by atoms with Crippen molar-refractivity contribution in [2.24, 2.45) is 5.73 Å². The molecule has 11 heteroatoms. The number of benzene rings is 2. The molecular formula is C25H24N4O6S. The van der Waals surface area contributed by atoms with E-state index in [1.165, 1.54) is 17.4 Å². The van der Waals surface area contributed by atoms with Gasteiger partial charge in [-0.25, -0.2) is 4.79 Å². The predicted molar refractivity (Wildman–Crippen MR) is 135 cm³/mol. The van der Waals surface area contributed by atoms with Crippen LogP contribution in [0, 0.1) is 10.1 Å². The van der Waals surface area contributed by atoms with E-state index in [0.717, 1.165) is 26.2 Å². The van der Waals surface area contributed by atoms with Crippen LogP contribution < -0.4 is 11.1 Å². The highest BCUT2D eigenvalue weighted by atomic mass is 32.1. The van der Waals surface area contributed by atoms with Gasteiger partial charge >= 0.3 is 5.97 Å². The van der Waals surface area contributed by atoms with Crippen molar-refractivity contribution in [1.29, 1.82) is 0 Å². The van der Waals surface area contributed by atoms with Crippen molar-refractivity contribution in [3.8, 4) is 0 Å². The SMILES string of the molecule is NC[C@H](c1ccc(COC(=O)c2cccc(CO[N+](=O)[O-])c2)cc1)[C@H](O)Nc1cc2ccncc2s1. The maximum Gasteiger partial charge on any atom is 0.338 e. The molecule has 2 atom stereocenters. The van der Waals surface area contributed by atoms with E-state index in [9.17, 15) is 20.0 Å². The van der Waals surface area contributed by atoms with Gasteiger partial charge in [-0.15, -0.1) is 21.5 Å². The molecule has 2 aromatic heterocycles. The molecule has 2 aromatic carbocycles. The number of aromatic nitrogens is 1. The van der Waals surface area contributed by atoms with Crippen LogP contribution in [0.5, 0.6) is 0 Å². The summed E-state index contributed by atoms with van der Waals surface area (Å²) in [5.74, 6) is -0.908. The van der Waals surface area contributed by atoms with Crippen molar-refractivity contribution >= 4 is 32.4 Å². The number of aliphatic hydroxyl groups is 1. The zero-order valence-corrected chi connectivity index (χ0v) is 19.9. The molecule has 0 fully saturated rings. The summed E-state index contributed by atoms with van der Waals surface area (Å²) >= 11 is 1.50. The predicted octanol–water partition coefficient (Wildman–Crippen LogP) is 3.83. The monoisotopic (exact) mass is 508 g/mol. The average Bonchev–Trinajstić information content (AvgIpc) is 3.29. The van der Waals surface area contributed by atoms with Crippen molar-refractivity contribution < 1.29 is 24.6 Å². The highest BCUT2D eigenvalue weighted by molar-refractivity contribution is 7.22. The first-order valence-corrected chi connectivity index (χ1v) is 11.8. The normalized spacial score (nSPS) is 12.6. The number of nitrogens with zero attached hydrogens (tertiary/aromatic N) is 2. The fraction of sp³-hybridized carbons (Fsp3) is 0.200. The molecule has 0 spiro atoms. The molecule has 0 aliphatic heterocycles. The summed E-state index contributed by atoms with van der Waals surface area (Å²) in [7, 11) is 0. The molecule has 36 heavy (non-hydrogen) atoms. The van der Waals surface area contributed by atoms with E-state index in [0.29, 0.717) is 5.56 Å². The van der Waals surface area contributed by atoms with Gasteiger partial charge in [0.2, 0.25) is 0 Å². The number of ether oxygens (including phenoxy) is 1. The Morgan fingerprint density at radius 2 is 1.94 bits per heavy atom. The van der Waals surface area contributed by atoms with Gasteiger partial charge < -0.3 is 25.7 Å². The number of hydrogen-bond donors (Lipinski definition) is 3. The van der Waals surface area contributed by atoms with E-state index in [4.69, 9.17) is 10.5 Å². The number of carbonyl (C=O) groups excluding carboxylic acids is 1. The Morgan fingerprint density at radius 3 is 2.67 bits per heavy atom. The lowest BCUT2D eigenvalue weighted by molar-refractivity contribution is -0.763. The maximum absolute atomic E-state index is 12.4. The minimum atomic E-state index is -0.897. The van der Waals surface area contributed by atoms with E-state index >= 15 is 0 Å². The summed E-state index contributed by atoms with van der Waals surface area (Å²) in [6.45, 7) is 0.0167. The van der Waals surface area contributed by atoms with Crippen LogP contribution in [0.25, 0.3) is 10.1 Å². The summed E-state index contributed by atoms with van der Waals surface area (Å²) in [6.07, 6.45) is 2.61. The van der Waals surface area contributed by atoms with Gasteiger partial charge in [0.25, 0.3) is 5.09 Å². The number of carbonyl (C=O) groups is 1. The van der Waals surface area contributed by atoms with Crippen molar-refractivity contribution in [3.63, 3.8) is 0 Å². The fourth-order valence-electron chi connectivity index (χ4n) is 3.66. The van der Waals surface area contributed by atoms with Crippen molar-refractivity contribution in [3.05, 3.63) is 105 Å². The lowest BCUT2D eigenvalue weighted by Crippen LogP contribution is -2.32. The summed E-state index contributed by atoms with van der Waals surface area (Å²) in [5.41, 5.74) is 8.32. The molecule has 4 N–H and O–H groups in total. The number of anilines is 1. The van der Waals surface area contributed by atoms with Gasteiger partial charge in [0, 0.05) is 24.9 Å². The second kappa shape index (κ2) is 11.6. The number of rotatable bonds is 11. The Morgan fingerprint density at radius 1 is 1.14 bits per heavy atom. The van der Waals surface area contributed by atoms with Crippen molar-refractivity contribution in [2.45, 2.75) is 25.4 Å². The van der Waals surface area contributed by atoms with Gasteiger partial charge in [-0.1, -0.05) is 36.4 Å². The lowest BCUT2D eigenvalue weighted by atomic mass is 9.96. The minimum Gasteiger partial charge on any atom is -0.457 e. The topological polar surface area (TPSA) is 150 Å². The molecule has 4 rings (SSSR count). The molecule has 10 nitrogen and oxygen atoms in total. The van der Waals surface area contributed by atoms with Gasteiger partial charge in [0.05, 0.1) is 15.3 Å². The number of hydrogen-bond acceptors (Lipinski definition) is 10. The third kappa shape index (κ3) is 6.33. The van der Waals surface area contributed by atoms with Gasteiger partial charge in [-0.3, -0.25) is 4.98 Å². The van der Waals surface area contributed by atoms with E-state index in [-0.39, 0.29) is 31.2 Å². The smallest absolute Gasteiger partial charge is 0.338 e. The standard InChI is InChI=1S/C25H24N4O6S/c26-12-21(24(30)28-23-11-19-8-9-27-13-22(19)36-23)18-6-4-16(5-7-18)14-34-25(31)20-3-1-2-17(10-20)15-35-29(32)33/h1-11,13,21,24,28,30H,12,14-15,26H2/t21-,24+/m1/s1. The summed E-state index contributed by atoms with van der Waals surface area (Å²) in [5, 5.41) is 25.2. The van der Waals surface area contributed by atoms with Crippen molar-refractivity contribution in [1.82, 2.24) is 4.98 Å². The molecule has 0 radical (unpaired) electrons. The van der Waals surface area contributed by atoms with Crippen LogP contribution in [0.4, 0.5) is 5.00 Å². The van der Waals surface area contributed by atoms with Crippen LogP contribution in [0.15, 0.2) is 73.1 Å². The number of thiophene rings is 1. The molecule has 186 valence electrons. The second-order valence-electron chi connectivity index (χ2n) is 7.97. The minimum absolute atomic E-state index is 0.0403. The molecule has 0 bridgehead atoms. The van der Waals surface area contributed by atoms with E-state index < -0.39 is 17.3 Å². The Kier molecular flexibility index (Phi) is 8.06. The van der Waals surface area contributed by atoms with Crippen molar-refractivity contribution in [2.75, 3.05) is 11.9 Å². The zero-order valence-electron chi connectivity index (χ0n) is 19.1. The van der Waals surface area contributed by atoms with E-state index in [1.807, 2.05) is 36.4 Å². The first-order chi connectivity index (χ1) is 17.4. The fourth-order valence-corrected chi connectivity index (χ4v) is 4.62. The molecule has 0 amide bonds. The first-order valence-electron chi connectivity index (χ1n) is 11.0. The largest absolute Gasteiger partial charge is 0.457 e. The first kappa shape index (κ1) is 25.0. The number of esters is 1. The second-order valence-corrected chi connectivity index (χ2v) is 9.05. The number of pyridine rings is 1. The molecule has 2 heterocycles. The summed E-state index contributed by atoms with van der Waals surface area (Å²) in [4.78, 5) is 31.2. The molecule has 4 aromatic rings. The molecule has 0 saturated heterocycles. The highest BCUT2D eigenvalue weighted by Gasteiger charge is 2.21. The van der Waals surface area contributed by atoms with E-state index in [2.05, 4.69) is 15.1 Å². The van der Waals surface area contributed by atoms with Crippen LogP contribution in [-0.4, -0.2) is 33.9 Å². The molecule has 0 unspecified atom stereocenters. The third-order valence-corrected chi connectivity index (χ3v) is 6.54. The number of fused-ring (bicyclic) bond motifs is 1. The molecule has 0 aliphatic carbocycles. The molecule has 0 aliphatic rings. The van der Waals surface area contributed by atoms with Crippen LogP contribution in [0.1, 0.15) is 33.0 Å². The van der Waals surface area contributed by atoms with Crippen LogP contribution in [-0.2, 0) is 22.8 Å². The molecule has 0 saturated carbocycles. The molecular weight excluding hydrogens is 484 g/mol. The van der Waals surface area contributed by atoms with Crippen LogP contribution >= 0.6 is 11.3 Å². The number of nitrogens with two attached hydrogens (primary N) is 1.